The number of rotatable bonds is 48. The van der Waals surface area contributed by atoms with Crippen LogP contribution in [0.15, 0.2) is 0 Å². The largest absolute Gasteiger partial charge is 3.00 e. The molecule has 4 heterocycles. The summed E-state index contributed by atoms with van der Waals surface area (Å²) in [7, 11) is 0. The molecule has 4 atom stereocenters. The minimum absolute atomic E-state index is 0. The van der Waals surface area contributed by atoms with Gasteiger partial charge in [0.2, 0.25) is 47.3 Å². The van der Waals surface area contributed by atoms with Crippen LogP contribution in [0.1, 0.15) is 27.7 Å². The molecule has 60 heteroatoms. The quantitative estimate of drug-likeness (QED) is 0.0280. The molecular weight excluding hydrogens is 2450 g/mol. The van der Waals surface area contributed by atoms with E-state index in [4.69, 9.17) is 0 Å². The van der Waals surface area contributed by atoms with E-state index < -0.39 is 279 Å². The number of nitrogens with zero attached hydrogens (tertiary/aromatic N) is 16. The first-order chi connectivity index (χ1) is 64.6. The van der Waals surface area contributed by atoms with Crippen molar-refractivity contribution in [2.45, 2.75) is 51.9 Å². The standard InChI is InChI=1S/C81H140N24O32.4Gd/c1-57(102-29-21-94(45-69(118)119)13-5-90(41-65(110)111)6-14-95(22-30-102)46-70(120)121)77(134)82-37-61(106)86-53-81(54-87-62(107)38-83-78(135)58(2)103-31-23-96(47-71(122)123)15-7-91(42-66(112)113)8-16-97(24-32-103)48-72(124)125,55-88-63(108)39-84-79(136)59(3)104-33-25-98(49-73(126)127)17-9-92(43-67(114)115)10-18-99(26-34-104)50-74(128)129)56-89-64(109)40-85-80(137)60(4)105-35-27-100(51-75(130)131)19-11-93(44-68(116)117)12-20-101(28-36-105)52-76(132)133;;;;/h57-60H,5-56H2,1-4H3,(H,82,134)(H,83,135)(H,84,136)(H,85,137)(H,86,106)(H,87,107)(H,88,108)(H,89,109)(H,110,111)(H,112,113)(H,114,115)(H,116,117)(H,118,119)(H,120,121)(H,122,123)(H,124,125)(H,126,127)(H,128,129)(H,130,131)(H,132,133);;;;/q;4*+3/p-12/t57-,58-,59-,60+;;;;/m1..../s1. The molecule has 0 aromatic carbocycles. The zero-order chi connectivity index (χ0) is 102. The Balaban J connectivity index is 0.0000490. The van der Waals surface area contributed by atoms with Gasteiger partial charge in [-0.1, -0.05) is 0 Å². The van der Waals surface area contributed by atoms with Gasteiger partial charge in [0.1, 0.15) is 0 Å². The van der Waals surface area contributed by atoms with Gasteiger partial charge >= 0.3 is 160 Å². The Bertz CT molecular complexity index is 3420. The van der Waals surface area contributed by atoms with Crippen molar-refractivity contribution in [2.24, 2.45) is 5.41 Å². The fourth-order valence-electron chi connectivity index (χ4n) is 15.5. The van der Waals surface area contributed by atoms with Crippen LogP contribution in [0.3, 0.4) is 0 Å². The number of carbonyl (C=O) groups is 20. The molecule has 0 unspecified atom stereocenters. The summed E-state index contributed by atoms with van der Waals surface area (Å²) in [5.74, 6) is -25.2. The molecule has 8 amide bonds. The maximum absolute atomic E-state index is 14.4. The van der Waals surface area contributed by atoms with Gasteiger partial charge in [-0.3, -0.25) is 117 Å². The fraction of sp³-hybridized carbons (Fsp3) is 0.753. The molecule has 56 nitrogen and oxygen atoms in total. The molecule has 0 saturated carbocycles. The minimum atomic E-state index is -1.93. The molecule has 0 aromatic heterocycles. The summed E-state index contributed by atoms with van der Waals surface area (Å²) in [6.07, 6.45) is 0. The predicted molar refractivity (Wildman–Crippen MR) is 448 cm³/mol. The van der Waals surface area contributed by atoms with Crippen LogP contribution in [-0.2, 0) is 95.9 Å². The van der Waals surface area contributed by atoms with Crippen LogP contribution in [-0.4, -0.2) is 562 Å². The molecule has 0 aliphatic carbocycles. The number of carbonyl (C=O) groups excluding carboxylic acids is 20. The molecule has 0 spiro atoms. The zero-order valence-electron chi connectivity index (χ0n) is 79.2. The van der Waals surface area contributed by atoms with Crippen molar-refractivity contribution < 1.29 is 317 Å². The van der Waals surface area contributed by atoms with Gasteiger partial charge in [0.05, 0.1) is 122 Å². The van der Waals surface area contributed by atoms with Crippen molar-refractivity contribution in [3.8, 4) is 0 Å². The molecule has 4 radical (unpaired) electrons. The van der Waals surface area contributed by atoms with Crippen LogP contribution in [0.2, 0.25) is 0 Å². The van der Waals surface area contributed by atoms with E-state index in [1.165, 1.54) is 86.5 Å². The maximum atomic E-state index is 14.4. The molecule has 8 N–H and O–H groups in total. The Morgan fingerprint density at radius 3 is 0.383 bits per heavy atom. The van der Waals surface area contributed by atoms with Crippen molar-refractivity contribution in [2.75, 3.05) is 340 Å². The molecule has 4 saturated heterocycles. The molecular formula is C81H128Gd4N24O32. The summed E-state index contributed by atoms with van der Waals surface area (Å²) in [4.78, 5) is 281. The van der Waals surface area contributed by atoms with E-state index in [2.05, 4.69) is 42.5 Å². The van der Waals surface area contributed by atoms with Gasteiger partial charge in [0, 0.05) is 320 Å². The molecule has 4 rings (SSSR count). The van der Waals surface area contributed by atoms with Gasteiger partial charge in [-0.2, -0.15) is 0 Å². The van der Waals surface area contributed by atoms with E-state index in [0.717, 1.165) is 0 Å². The smallest absolute Gasteiger partial charge is 0.549 e. The zero-order valence-corrected chi connectivity index (χ0v) is 88.3. The molecule has 0 aromatic rings. The number of nitrogens with one attached hydrogen (secondary N) is 8. The summed E-state index contributed by atoms with van der Waals surface area (Å²) in [6, 6.07) is -4.76. The maximum Gasteiger partial charge on any atom is 3.00 e. The Morgan fingerprint density at radius 1 is 0.184 bits per heavy atom. The van der Waals surface area contributed by atoms with Crippen LogP contribution in [0.4, 0.5) is 0 Å². The van der Waals surface area contributed by atoms with Crippen LogP contribution in [0.5, 0.6) is 0 Å². The van der Waals surface area contributed by atoms with E-state index in [-0.39, 0.29) is 369 Å². The van der Waals surface area contributed by atoms with E-state index in [1.807, 2.05) is 0 Å². The average molecular weight is 2580 g/mol. The van der Waals surface area contributed by atoms with Gasteiger partial charge in [-0.25, -0.2) is 0 Å². The summed E-state index contributed by atoms with van der Waals surface area (Å²) in [5, 5.41) is 163. The molecule has 796 valence electrons. The van der Waals surface area contributed by atoms with E-state index in [9.17, 15) is 157 Å². The number of amides is 8. The fourth-order valence-corrected chi connectivity index (χ4v) is 15.5. The number of carboxylic acids is 12. The van der Waals surface area contributed by atoms with Crippen molar-refractivity contribution in [3.05, 3.63) is 0 Å². The first kappa shape index (κ1) is 135. The Morgan fingerprint density at radius 2 is 0.284 bits per heavy atom. The van der Waals surface area contributed by atoms with Gasteiger partial charge in [-0.05, 0) is 27.7 Å². The van der Waals surface area contributed by atoms with Gasteiger partial charge in [0.15, 0.2) is 0 Å². The van der Waals surface area contributed by atoms with E-state index >= 15 is 0 Å². The molecule has 4 aliphatic rings. The molecule has 141 heavy (non-hydrogen) atoms. The van der Waals surface area contributed by atoms with Crippen molar-refractivity contribution in [3.63, 3.8) is 0 Å². The summed E-state index contributed by atoms with van der Waals surface area (Å²) in [5.41, 5.74) is -1.93. The Labute approximate surface area is 944 Å². The third-order valence-electron chi connectivity index (χ3n) is 23.8. The van der Waals surface area contributed by atoms with E-state index in [1.54, 1.807) is 19.6 Å². The Kier molecular flexibility index (Phi) is 70.1. The predicted octanol–water partition coefficient (Wildman–Crippen LogP) is -29.7. The van der Waals surface area contributed by atoms with Crippen molar-refractivity contribution in [1.82, 2.24) is 121 Å². The number of aliphatic carboxylic acids is 12. The van der Waals surface area contributed by atoms with Crippen molar-refractivity contribution >= 4 is 119 Å². The minimum Gasteiger partial charge on any atom is -0.549 e. The van der Waals surface area contributed by atoms with Gasteiger partial charge in [0.25, 0.3) is 0 Å². The van der Waals surface area contributed by atoms with Gasteiger partial charge < -0.3 is 161 Å². The normalized spacial score (nSPS) is 18.7. The summed E-state index contributed by atoms with van der Waals surface area (Å²) < 4.78 is 0. The van der Waals surface area contributed by atoms with Crippen LogP contribution >= 0.6 is 0 Å². The van der Waals surface area contributed by atoms with Crippen LogP contribution in [0.25, 0.3) is 0 Å². The second kappa shape index (κ2) is 73.2. The third-order valence-corrected chi connectivity index (χ3v) is 23.8. The second-order valence-corrected chi connectivity index (χ2v) is 34.1. The third kappa shape index (κ3) is 59.6. The van der Waals surface area contributed by atoms with Gasteiger partial charge in [-0.15, -0.1) is 0 Å². The monoisotopic (exact) mass is 2580 g/mol. The van der Waals surface area contributed by atoms with Crippen molar-refractivity contribution in [1.29, 1.82) is 0 Å². The number of carboxylic acid groups (broad SMARTS) is 12. The molecule has 4 fully saturated rings. The van der Waals surface area contributed by atoms with Crippen LogP contribution < -0.4 is 104 Å². The first-order valence-electron chi connectivity index (χ1n) is 44.8. The summed E-state index contributed by atoms with van der Waals surface area (Å²) >= 11 is 0. The first-order valence-corrected chi connectivity index (χ1v) is 44.8. The van der Waals surface area contributed by atoms with E-state index in [0.29, 0.717) is 0 Å². The second-order valence-electron chi connectivity index (χ2n) is 34.1. The topological polar surface area (TPSA) is 766 Å². The molecule has 0 bridgehead atoms. The Hall–Kier alpha value is -5.94. The molecule has 4 aliphatic heterocycles. The van der Waals surface area contributed by atoms with Crippen LogP contribution in [0, 0.1) is 165 Å². The average Bonchev–Trinajstić information content (AvgIpc) is 0.844. The number of hydrogen-bond donors (Lipinski definition) is 8. The number of hydrogen-bond acceptors (Lipinski definition) is 48. The SMILES string of the molecule is C[C@H](C(=O)NCC(=O)NCC(CNC(=O)CNC(=O)[C@@H](C)N1CCN(CC(=O)[O-])CCN(CC(=O)[O-])CCN(CC(=O)[O-])CC1)(CNC(=O)CNC(=O)[C@@H](C)N1CCN(CC(=O)[O-])CCN(CC(=O)[O-])CCN(CC(=O)[O-])CC1)CNC(=O)CNC(=O)[C@H](C)N1CCN(CC(=O)[O-])CCN(CC(=O)[O-])CCN(CC(=O)[O-])CC1)N1CCN(CC(=O)[O-])CCN(CC(=O)[O-])CCN(CC(=O)[O-])CC1.[Gd+3].[Gd+3].[Gd+3].[Gd+3]. The summed E-state index contributed by atoms with van der Waals surface area (Å²) in [6.45, 7) is -10.0.